The minimum absolute atomic E-state index is 0.0823. The molecule has 1 aromatic heterocycles. The first-order chi connectivity index (χ1) is 17.2. The van der Waals surface area contributed by atoms with Gasteiger partial charge in [-0.25, -0.2) is 4.79 Å². The minimum Gasteiger partial charge on any atom is -0.445 e. The molecule has 2 aromatic carbocycles. The zero-order valence-electron chi connectivity index (χ0n) is 19.7. The van der Waals surface area contributed by atoms with Crippen LogP contribution >= 0.6 is 0 Å². The van der Waals surface area contributed by atoms with E-state index in [1.165, 1.54) is 5.56 Å². The number of aromatic amines is 1. The van der Waals surface area contributed by atoms with Crippen LogP contribution in [0.15, 0.2) is 48.7 Å². The van der Waals surface area contributed by atoms with Crippen molar-refractivity contribution in [2.45, 2.75) is 32.0 Å². The molecule has 184 valence electrons. The topological polar surface area (TPSA) is 99.8 Å². The van der Waals surface area contributed by atoms with E-state index in [-0.39, 0.29) is 12.5 Å². The van der Waals surface area contributed by atoms with Gasteiger partial charge < -0.3 is 19.7 Å². The number of aromatic nitrogens is 2. The zero-order chi connectivity index (χ0) is 24.0. The predicted octanol–water partition coefficient (Wildman–Crippen LogP) is 2.46. The number of alkyl carbamates (subject to hydrolysis) is 1. The highest BCUT2D eigenvalue weighted by Crippen LogP contribution is 2.26. The Labute approximate surface area is 204 Å². The van der Waals surface area contributed by atoms with Crippen molar-refractivity contribution in [1.29, 1.82) is 0 Å². The Kier molecular flexibility index (Phi) is 7.25. The minimum atomic E-state index is -0.642. The number of aryl methyl sites for hydroxylation is 1. The van der Waals surface area contributed by atoms with Gasteiger partial charge in [-0.2, -0.15) is 5.10 Å². The van der Waals surface area contributed by atoms with Crippen molar-refractivity contribution in [3.63, 3.8) is 0 Å². The van der Waals surface area contributed by atoms with Crippen molar-refractivity contribution in [2.24, 2.45) is 0 Å². The first-order valence-electron chi connectivity index (χ1n) is 12.2. The van der Waals surface area contributed by atoms with Crippen molar-refractivity contribution in [3.05, 3.63) is 65.4 Å². The number of morpholine rings is 1. The SMILES string of the molecule is O=C(N[C@@H]1CCc2ccc3[nH]ncc3c2CN(CCN2CCOCC2)C1=O)OCc1ccccc1. The number of hydrogen-bond acceptors (Lipinski definition) is 6. The van der Waals surface area contributed by atoms with Crippen LogP contribution < -0.4 is 5.32 Å². The third-order valence-electron chi connectivity index (χ3n) is 6.79. The molecule has 9 nitrogen and oxygen atoms in total. The summed E-state index contributed by atoms with van der Waals surface area (Å²) in [6.45, 7) is 5.12. The average molecular weight is 478 g/mol. The van der Waals surface area contributed by atoms with Crippen LogP contribution in [0, 0.1) is 0 Å². The summed E-state index contributed by atoms with van der Waals surface area (Å²) in [7, 11) is 0. The Balaban J connectivity index is 1.32. The van der Waals surface area contributed by atoms with Gasteiger partial charge in [0.2, 0.25) is 5.91 Å². The maximum absolute atomic E-state index is 13.7. The van der Waals surface area contributed by atoms with E-state index >= 15 is 0 Å². The number of nitrogens with zero attached hydrogens (tertiary/aromatic N) is 3. The van der Waals surface area contributed by atoms with Crippen molar-refractivity contribution >= 4 is 22.9 Å². The normalized spacial score (nSPS) is 19.1. The number of H-pyrrole nitrogens is 1. The molecule has 2 amide bonds. The van der Waals surface area contributed by atoms with Gasteiger partial charge in [-0.15, -0.1) is 0 Å². The molecular formula is C26H31N5O4. The van der Waals surface area contributed by atoms with E-state index in [2.05, 4.69) is 26.5 Å². The molecule has 3 heterocycles. The van der Waals surface area contributed by atoms with Crippen LogP contribution in [0.2, 0.25) is 0 Å². The molecule has 2 N–H and O–H groups in total. The predicted molar refractivity (Wildman–Crippen MR) is 131 cm³/mol. The van der Waals surface area contributed by atoms with Crippen molar-refractivity contribution in [2.75, 3.05) is 39.4 Å². The Bertz CT molecular complexity index is 1160. The summed E-state index contributed by atoms with van der Waals surface area (Å²) < 4.78 is 10.9. The number of carbonyl (C=O) groups is 2. The molecule has 0 radical (unpaired) electrons. The first kappa shape index (κ1) is 23.3. The quantitative estimate of drug-likeness (QED) is 0.566. The molecule has 3 aromatic rings. The fourth-order valence-corrected chi connectivity index (χ4v) is 4.77. The third-order valence-corrected chi connectivity index (χ3v) is 6.79. The fourth-order valence-electron chi connectivity index (χ4n) is 4.77. The van der Waals surface area contributed by atoms with Gasteiger partial charge in [-0.1, -0.05) is 36.4 Å². The van der Waals surface area contributed by atoms with E-state index in [9.17, 15) is 9.59 Å². The standard InChI is InChI=1S/C26H31N5O4/c32-25-24(28-26(33)35-18-19-4-2-1-3-5-19)9-7-20-6-8-23-21(16-27-29-23)22(20)17-31(25)11-10-30-12-14-34-15-13-30/h1-6,8,16,24H,7,9-15,17-18H2,(H,27,29)(H,28,33)/t24-/m1/s1. The van der Waals surface area contributed by atoms with E-state index in [4.69, 9.17) is 9.47 Å². The second-order valence-electron chi connectivity index (χ2n) is 9.05. The Morgan fingerprint density at radius 2 is 1.97 bits per heavy atom. The molecule has 9 heteroatoms. The highest BCUT2D eigenvalue weighted by atomic mass is 16.5. The molecule has 35 heavy (non-hydrogen) atoms. The Morgan fingerprint density at radius 3 is 2.80 bits per heavy atom. The van der Waals surface area contributed by atoms with Crippen LogP contribution in [0.25, 0.3) is 10.9 Å². The van der Waals surface area contributed by atoms with E-state index < -0.39 is 12.1 Å². The highest BCUT2D eigenvalue weighted by molar-refractivity contribution is 5.88. The Morgan fingerprint density at radius 1 is 1.14 bits per heavy atom. The van der Waals surface area contributed by atoms with Crippen molar-refractivity contribution in [3.8, 4) is 0 Å². The number of ether oxygens (including phenoxy) is 2. The van der Waals surface area contributed by atoms with Crippen LogP contribution in [-0.4, -0.2) is 77.4 Å². The monoisotopic (exact) mass is 477 g/mol. The van der Waals surface area contributed by atoms with Crippen LogP contribution in [0.4, 0.5) is 4.79 Å². The van der Waals surface area contributed by atoms with Gasteiger partial charge in [0.05, 0.1) is 24.9 Å². The molecular weight excluding hydrogens is 446 g/mol. The fraction of sp³-hybridized carbons (Fsp3) is 0.423. The van der Waals surface area contributed by atoms with Crippen LogP contribution in [-0.2, 0) is 33.8 Å². The third kappa shape index (κ3) is 5.63. The summed E-state index contributed by atoms with van der Waals surface area (Å²) in [5.41, 5.74) is 4.16. The van der Waals surface area contributed by atoms with Crippen molar-refractivity contribution < 1.29 is 19.1 Å². The molecule has 0 aliphatic carbocycles. The van der Waals surface area contributed by atoms with Gasteiger partial charge in [-0.05, 0) is 35.6 Å². The van der Waals surface area contributed by atoms with E-state index in [0.29, 0.717) is 39.1 Å². The number of amides is 2. The van der Waals surface area contributed by atoms with Gasteiger partial charge in [-0.3, -0.25) is 14.8 Å². The van der Waals surface area contributed by atoms with Crippen LogP contribution in [0.5, 0.6) is 0 Å². The second-order valence-corrected chi connectivity index (χ2v) is 9.05. The maximum Gasteiger partial charge on any atom is 0.408 e. The lowest BCUT2D eigenvalue weighted by molar-refractivity contribution is -0.134. The lowest BCUT2D eigenvalue weighted by Crippen LogP contribution is -2.51. The lowest BCUT2D eigenvalue weighted by atomic mass is 9.94. The number of hydrogen-bond donors (Lipinski definition) is 2. The smallest absolute Gasteiger partial charge is 0.408 e. The number of carbonyl (C=O) groups excluding carboxylic acids is 2. The van der Waals surface area contributed by atoms with Gasteiger partial charge in [0.1, 0.15) is 12.6 Å². The number of benzene rings is 2. The summed E-state index contributed by atoms with van der Waals surface area (Å²) >= 11 is 0. The van der Waals surface area contributed by atoms with Gasteiger partial charge in [0, 0.05) is 38.1 Å². The molecule has 5 rings (SSSR count). The maximum atomic E-state index is 13.7. The molecule has 1 fully saturated rings. The highest BCUT2D eigenvalue weighted by Gasteiger charge is 2.30. The first-order valence-corrected chi connectivity index (χ1v) is 12.2. The summed E-state index contributed by atoms with van der Waals surface area (Å²) in [5, 5.41) is 11.1. The van der Waals surface area contributed by atoms with E-state index in [1.807, 2.05) is 47.5 Å². The van der Waals surface area contributed by atoms with Crippen LogP contribution in [0.1, 0.15) is 23.1 Å². The number of fused-ring (bicyclic) bond motifs is 3. The molecule has 0 spiro atoms. The molecule has 2 aliphatic heterocycles. The molecule has 2 aliphatic rings. The van der Waals surface area contributed by atoms with Gasteiger partial charge in [0.25, 0.3) is 0 Å². The van der Waals surface area contributed by atoms with Crippen LogP contribution in [0.3, 0.4) is 0 Å². The summed E-state index contributed by atoms with van der Waals surface area (Å²) in [4.78, 5) is 30.4. The number of nitrogens with one attached hydrogen (secondary N) is 2. The average Bonchev–Trinajstić information content (AvgIpc) is 3.37. The van der Waals surface area contributed by atoms with Gasteiger partial charge >= 0.3 is 6.09 Å². The largest absolute Gasteiger partial charge is 0.445 e. The molecule has 0 bridgehead atoms. The summed E-state index contributed by atoms with van der Waals surface area (Å²) in [6.07, 6.45) is 2.44. The second kappa shape index (κ2) is 10.9. The van der Waals surface area contributed by atoms with Crippen molar-refractivity contribution in [1.82, 2.24) is 25.3 Å². The van der Waals surface area contributed by atoms with Gasteiger partial charge in [0.15, 0.2) is 0 Å². The summed E-state index contributed by atoms with van der Waals surface area (Å²) in [6, 6.07) is 13.0. The molecule has 0 unspecified atom stereocenters. The summed E-state index contributed by atoms with van der Waals surface area (Å²) in [5.74, 6) is -0.0823. The molecule has 1 atom stereocenters. The zero-order valence-corrected chi connectivity index (χ0v) is 19.7. The van der Waals surface area contributed by atoms with E-state index in [1.54, 1.807) is 0 Å². The lowest BCUT2D eigenvalue weighted by Gasteiger charge is -2.34. The number of rotatable bonds is 6. The van der Waals surface area contributed by atoms with E-state index in [0.717, 1.165) is 41.7 Å². The molecule has 0 saturated carbocycles. The Hall–Kier alpha value is -3.43. The molecule has 1 saturated heterocycles.